The summed E-state index contributed by atoms with van der Waals surface area (Å²) in [5.41, 5.74) is 4.48. The van der Waals surface area contributed by atoms with Crippen molar-refractivity contribution in [1.29, 1.82) is 0 Å². The Morgan fingerprint density at radius 2 is 1.93 bits per heavy atom. The average Bonchev–Trinajstić information content (AvgIpc) is 2.66. The Labute approximate surface area is 170 Å². The largest absolute Gasteiger partial charge is 0.376 e. The molecular weight excluding hydrogens is 376 g/mol. The van der Waals surface area contributed by atoms with Crippen molar-refractivity contribution >= 4 is 46.3 Å². The van der Waals surface area contributed by atoms with Crippen LogP contribution in [0.1, 0.15) is 18.4 Å². The van der Waals surface area contributed by atoms with Crippen molar-refractivity contribution in [3.05, 3.63) is 53.1 Å². The minimum Gasteiger partial charge on any atom is -0.376 e. The first-order valence-corrected chi connectivity index (χ1v) is 10.8. The van der Waals surface area contributed by atoms with E-state index in [1.807, 2.05) is 30.0 Å². The van der Waals surface area contributed by atoms with Gasteiger partial charge in [-0.2, -0.15) is 11.8 Å². The molecule has 2 aliphatic heterocycles. The van der Waals surface area contributed by atoms with Crippen LogP contribution < -0.4 is 15.5 Å². The molecule has 0 amide bonds. The van der Waals surface area contributed by atoms with Gasteiger partial charge in [0.1, 0.15) is 5.84 Å². The zero-order valence-corrected chi connectivity index (χ0v) is 17.3. The lowest BCUT2D eigenvalue weighted by Crippen LogP contribution is -2.55. The maximum Gasteiger partial charge on any atom is 0.127 e. The lowest BCUT2D eigenvalue weighted by atomic mass is 9.87. The van der Waals surface area contributed by atoms with E-state index in [0.29, 0.717) is 6.54 Å². The number of anilines is 3. The topological polar surface area (TPSA) is 39.7 Å². The maximum absolute atomic E-state index is 6.14. The highest BCUT2D eigenvalue weighted by atomic mass is 35.5. The zero-order valence-electron chi connectivity index (χ0n) is 15.8. The van der Waals surface area contributed by atoms with Crippen LogP contribution in [0.5, 0.6) is 0 Å². The molecule has 0 unspecified atom stereocenters. The van der Waals surface area contributed by atoms with E-state index in [4.69, 9.17) is 16.6 Å². The summed E-state index contributed by atoms with van der Waals surface area (Å²) in [5.74, 6) is 3.33. The minimum absolute atomic E-state index is 0.122. The van der Waals surface area contributed by atoms with Gasteiger partial charge < -0.3 is 15.5 Å². The van der Waals surface area contributed by atoms with Crippen molar-refractivity contribution < 1.29 is 0 Å². The van der Waals surface area contributed by atoms with E-state index in [9.17, 15) is 0 Å². The molecule has 142 valence electrons. The predicted molar refractivity (Wildman–Crippen MR) is 120 cm³/mol. The van der Waals surface area contributed by atoms with E-state index in [2.05, 4.69) is 53.9 Å². The van der Waals surface area contributed by atoms with Crippen LogP contribution in [0.4, 0.5) is 17.1 Å². The Kier molecular flexibility index (Phi) is 5.24. The predicted octanol–water partition coefficient (Wildman–Crippen LogP) is 5.11. The maximum atomic E-state index is 6.14. The molecule has 2 aromatic rings. The van der Waals surface area contributed by atoms with E-state index in [-0.39, 0.29) is 5.54 Å². The molecule has 2 aliphatic rings. The summed E-state index contributed by atoms with van der Waals surface area (Å²) >= 11 is 8.16. The zero-order chi connectivity index (χ0) is 18.9. The summed E-state index contributed by atoms with van der Waals surface area (Å²) in [5, 5.41) is 8.30. The first kappa shape index (κ1) is 18.5. The van der Waals surface area contributed by atoms with Crippen LogP contribution in [0.25, 0.3) is 0 Å². The number of aliphatic imine (C=N–C) groups is 1. The van der Waals surface area contributed by atoms with Gasteiger partial charge in [-0.3, -0.25) is 4.99 Å². The molecule has 0 saturated carbocycles. The summed E-state index contributed by atoms with van der Waals surface area (Å²) < 4.78 is 0. The summed E-state index contributed by atoms with van der Waals surface area (Å²) in [7, 11) is 4.17. The molecular formula is C21H25ClN4S. The van der Waals surface area contributed by atoms with Crippen LogP contribution in [0, 0.1) is 0 Å². The van der Waals surface area contributed by atoms with Gasteiger partial charge in [0.15, 0.2) is 0 Å². The Bertz CT molecular complexity index is 859. The lowest BCUT2D eigenvalue weighted by molar-refractivity contribution is 0.559. The van der Waals surface area contributed by atoms with Gasteiger partial charge in [0.2, 0.25) is 0 Å². The molecule has 6 heteroatoms. The second kappa shape index (κ2) is 7.64. The van der Waals surface area contributed by atoms with Crippen molar-refractivity contribution in [3.63, 3.8) is 0 Å². The van der Waals surface area contributed by atoms with E-state index in [0.717, 1.165) is 46.5 Å². The Morgan fingerprint density at radius 3 is 2.67 bits per heavy atom. The molecule has 0 aromatic heterocycles. The number of benzene rings is 2. The second-order valence-corrected chi connectivity index (χ2v) is 8.99. The number of thioether (sulfide) groups is 1. The van der Waals surface area contributed by atoms with Crippen LogP contribution in [0.15, 0.2) is 47.5 Å². The molecule has 4 rings (SSSR count). The van der Waals surface area contributed by atoms with E-state index >= 15 is 0 Å². The lowest BCUT2D eigenvalue weighted by Gasteiger charge is -2.44. The molecule has 2 heterocycles. The second-order valence-electron chi connectivity index (χ2n) is 7.33. The monoisotopic (exact) mass is 400 g/mol. The summed E-state index contributed by atoms with van der Waals surface area (Å²) in [4.78, 5) is 7.17. The van der Waals surface area contributed by atoms with Crippen LogP contribution in [0.2, 0.25) is 5.02 Å². The number of halogens is 1. The molecule has 2 aromatic carbocycles. The van der Waals surface area contributed by atoms with Gasteiger partial charge >= 0.3 is 0 Å². The number of nitrogens with one attached hydrogen (secondary N) is 2. The average molecular weight is 401 g/mol. The van der Waals surface area contributed by atoms with Crippen LogP contribution in [-0.2, 0) is 6.54 Å². The molecule has 0 radical (unpaired) electrons. The van der Waals surface area contributed by atoms with Gasteiger partial charge in [-0.25, -0.2) is 0 Å². The number of hydrogen-bond acceptors (Lipinski definition) is 4. The summed E-state index contributed by atoms with van der Waals surface area (Å²) in [6.45, 7) is 0.627. The number of para-hydroxylation sites is 1. The number of fused-ring (bicyclic) bond motifs is 1. The normalized spacial score (nSPS) is 19.3. The van der Waals surface area contributed by atoms with Crippen molar-refractivity contribution in [2.45, 2.75) is 24.9 Å². The molecule has 0 atom stereocenters. The molecule has 4 nitrogen and oxygen atoms in total. The van der Waals surface area contributed by atoms with Crippen LogP contribution in [-0.4, -0.2) is 37.0 Å². The number of nitrogens with zero attached hydrogens (tertiary/aromatic N) is 2. The van der Waals surface area contributed by atoms with Gasteiger partial charge in [-0.05, 0) is 54.2 Å². The van der Waals surface area contributed by atoms with Crippen molar-refractivity contribution in [2.75, 3.05) is 41.1 Å². The molecule has 0 aliphatic carbocycles. The van der Waals surface area contributed by atoms with Gasteiger partial charge in [0.05, 0.1) is 29.1 Å². The SMILES string of the molecule is CN(C)c1cccc2c1NC1(CCSCC1)C(=NCc1cccc(Cl)c1)N2. The fourth-order valence-electron chi connectivity index (χ4n) is 3.77. The van der Waals surface area contributed by atoms with Gasteiger partial charge in [-0.15, -0.1) is 0 Å². The standard InChI is InChI=1S/C21H25ClN4S/c1-26(2)18-8-4-7-17-19(18)25-21(9-11-27-12-10-21)20(24-17)23-14-15-5-3-6-16(22)13-15/h3-8,13,25H,9-12,14H2,1-2H3,(H,23,24). The Hall–Kier alpha value is -1.85. The summed E-state index contributed by atoms with van der Waals surface area (Å²) in [6, 6.07) is 14.3. The van der Waals surface area contributed by atoms with Gasteiger partial charge in [0.25, 0.3) is 0 Å². The Balaban J connectivity index is 1.71. The van der Waals surface area contributed by atoms with Crippen LogP contribution in [0.3, 0.4) is 0 Å². The number of hydrogen-bond donors (Lipinski definition) is 2. The fraction of sp³-hybridized carbons (Fsp3) is 0.381. The number of amidine groups is 1. The highest BCUT2D eigenvalue weighted by Gasteiger charge is 2.41. The molecule has 27 heavy (non-hydrogen) atoms. The third kappa shape index (κ3) is 3.76. The fourth-order valence-corrected chi connectivity index (χ4v) is 5.17. The van der Waals surface area contributed by atoms with E-state index < -0.39 is 0 Å². The number of rotatable bonds is 3. The van der Waals surface area contributed by atoms with Gasteiger partial charge in [-0.1, -0.05) is 29.8 Å². The van der Waals surface area contributed by atoms with Crippen LogP contribution >= 0.6 is 23.4 Å². The first-order valence-electron chi connectivity index (χ1n) is 9.30. The first-order chi connectivity index (χ1) is 13.1. The highest BCUT2D eigenvalue weighted by Crippen LogP contribution is 2.43. The Morgan fingerprint density at radius 1 is 1.15 bits per heavy atom. The quantitative estimate of drug-likeness (QED) is 0.751. The van der Waals surface area contributed by atoms with Gasteiger partial charge in [0, 0.05) is 19.1 Å². The van der Waals surface area contributed by atoms with Crippen molar-refractivity contribution in [3.8, 4) is 0 Å². The third-order valence-electron chi connectivity index (χ3n) is 5.25. The smallest absolute Gasteiger partial charge is 0.127 e. The molecule has 1 spiro atoms. The summed E-state index contributed by atoms with van der Waals surface area (Å²) in [6.07, 6.45) is 2.14. The molecule has 2 N–H and O–H groups in total. The highest BCUT2D eigenvalue weighted by molar-refractivity contribution is 7.99. The molecule has 0 bridgehead atoms. The van der Waals surface area contributed by atoms with E-state index in [1.54, 1.807) is 0 Å². The minimum atomic E-state index is -0.122. The van der Waals surface area contributed by atoms with Crippen molar-refractivity contribution in [1.82, 2.24) is 0 Å². The third-order valence-corrected chi connectivity index (χ3v) is 6.47. The molecule has 1 saturated heterocycles. The van der Waals surface area contributed by atoms with Crippen molar-refractivity contribution in [2.24, 2.45) is 4.99 Å². The van der Waals surface area contributed by atoms with E-state index in [1.165, 1.54) is 11.4 Å². The molecule has 1 fully saturated rings.